The van der Waals surface area contributed by atoms with Crippen molar-refractivity contribution in [3.63, 3.8) is 0 Å². The summed E-state index contributed by atoms with van der Waals surface area (Å²) in [6, 6.07) is 12.1. The van der Waals surface area contributed by atoms with Crippen LogP contribution in [-0.2, 0) is 0 Å². The molecule has 10 heavy (non-hydrogen) atoms. The van der Waals surface area contributed by atoms with Crippen molar-refractivity contribution in [3.8, 4) is 0 Å². The van der Waals surface area contributed by atoms with Gasteiger partial charge in [0.1, 0.15) is 0 Å². The number of para-hydroxylation sites is 1. The van der Waals surface area contributed by atoms with Crippen molar-refractivity contribution in [2.75, 3.05) is 0 Å². The molecule has 2 rings (SSSR count). The first kappa shape index (κ1) is 5.42. The van der Waals surface area contributed by atoms with Crippen LogP contribution < -0.4 is 0 Å². The fraction of sp³-hybridized carbons (Fsp3) is 0. The molecule has 1 aromatic heterocycles. The zero-order chi connectivity index (χ0) is 6.81. The first-order chi connectivity index (χ1) is 4.97. The van der Waals surface area contributed by atoms with Gasteiger partial charge >= 0.3 is 0 Å². The van der Waals surface area contributed by atoms with Gasteiger partial charge in [0.25, 0.3) is 0 Å². The highest BCUT2D eigenvalue weighted by atomic mass is 14.6. The van der Waals surface area contributed by atoms with Crippen molar-refractivity contribution < 1.29 is 1.43 Å². The van der Waals surface area contributed by atoms with E-state index in [0.29, 0.717) is 0 Å². The highest BCUT2D eigenvalue weighted by Crippen LogP contribution is 2.07. The predicted molar refractivity (Wildman–Crippen MR) is 43.9 cm³/mol. The summed E-state index contributed by atoms with van der Waals surface area (Å²) >= 11 is 0. The molecule has 1 nitrogen and oxygen atoms in total. The highest BCUT2D eigenvalue weighted by molar-refractivity contribution is 5.77. The number of fused-ring (bicyclic) bond motifs is 1. The predicted octanol–water partition coefficient (Wildman–Crippen LogP) is 2.48. The molecule has 1 heterocycles. The quantitative estimate of drug-likeness (QED) is 0.535. The summed E-state index contributed by atoms with van der Waals surface area (Å²) in [7, 11) is 0. The van der Waals surface area contributed by atoms with Crippen LogP contribution in [0.1, 0.15) is 1.43 Å². The Hall–Kier alpha value is -1.37. The minimum Gasteiger partial charge on any atom is -0.256 e. The molecule has 0 fully saturated rings. The number of hydrogen-bond acceptors (Lipinski definition) is 1. The smallest absolute Gasteiger partial charge is 0.0701 e. The van der Waals surface area contributed by atoms with Gasteiger partial charge in [0.15, 0.2) is 0 Å². The molecule has 0 saturated heterocycles. The lowest BCUT2D eigenvalue weighted by Gasteiger charge is -1.91. The van der Waals surface area contributed by atoms with E-state index >= 15 is 0 Å². The zero-order valence-electron chi connectivity index (χ0n) is 5.49. The first-order valence-electron chi connectivity index (χ1n) is 3.26. The summed E-state index contributed by atoms with van der Waals surface area (Å²) < 4.78 is 0. The highest BCUT2D eigenvalue weighted by Gasteiger charge is 1.86. The molecule has 0 unspecified atom stereocenters. The lowest BCUT2D eigenvalue weighted by atomic mass is 10.2. The average Bonchev–Trinajstić information content (AvgIpc) is 2.05. The topological polar surface area (TPSA) is 12.9 Å². The zero-order valence-corrected chi connectivity index (χ0v) is 5.49. The third-order valence-electron chi connectivity index (χ3n) is 1.51. The van der Waals surface area contributed by atoms with E-state index in [1.165, 1.54) is 5.39 Å². The van der Waals surface area contributed by atoms with Crippen LogP contribution in [0.4, 0.5) is 0 Å². The Labute approximate surface area is 60.8 Å². The van der Waals surface area contributed by atoms with E-state index in [-0.39, 0.29) is 1.43 Å². The van der Waals surface area contributed by atoms with Gasteiger partial charge in [-0.1, -0.05) is 24.3 Å². The molecule has 2 aromatic rings. The summed E-state index contributed by atoms with van der Waals surface area (Å²) in [4.78, 5) is 4.18. The molecule has 50 valence electrons. The Morgan fingerprint density at radius 3 is 2.70 bits per heavy atom. The lowest BCUT2D eigenvalue weighted by molar-refractivity contribution is 1.41. The van der Waals surface area contributed by atoms with Crippen molar-refractivity contribution in [3.05, 3.63) is 42.6 Å². The van der Waals surface area contributed by atoms with E-state index in [4.69, 9.17) is 0 Å². The van der Waals surface area contributed by atoms with Crippen LogP contribution in [0.5, 0.6) is 0 Å². The normalized spacial score (nSPS) is 10.0. The van der Waals surface area contributed by atoms with Crippen LogP contribution in [-0.4, -0.2) is 4.98 Å². The number of pyridine rings is 1. The maximum absolute atomic E-state index is 4.18. The van der Waals surface area contributed by atoms with E-state index < -0.39 is 0 Å². The summed E-state index contributed by atoms with van der Waals surface area (Å²) in [5, 5.41) is 1.20. The van der Waals surface area contributed by atoms with Crippen LogP contribution in [0.2, 0.25) is 0 Å². The fourth-order valence-corrected chi connectivity index (χ4v) is 1.02. The van der Waals surface area contributed by atoms with E-state index in [9.17, 15) is 0 Å². The SMILES string of the molecule is [HH].c1ccc2ncccc2c1. The minimum absolute atomic E-state index is 0. The lowest BCUT2D eigenvalue weighted by Crippen LogP contribution is -1.73. The number of nitrogens with zero attached hydrogens (tertiary/aromatic N) is 1. The second-order valence-corrected chi connectivity index (χ2v) is 2.20. The molecule has 0 atom stereocenters. The monoisotopic (exact) mass is 131 g/mol. The van der Waals surface area contributed by atoms with Gasteiger partial charge in [-0.05, 0) is 12.1 Å². The molecule has 0 N–H and O–H groups in total. The Balaban J connectivity index is 0.000000605. The molecule has 1 heteroatoms. The molecule has 0 spiro atoms. The van der Waals surface area contributed by atoms with Crippen molar-refractivity contribution in [1.29, 1.82) is 0 Å². The Morgan fingerprint density at radius 2 is 1.80 bits per heavy atom. The molecular weight excluding hydrogens is 122 g/mol. The van der Waals surface area contributed by atoms with Crippen molar-refractivity contribution >= 4 is 10.9 Å². The van der Waals surface area contributed by atoms with E-state index in [1.807, 2.05) is 30.5 Å². The number of hydrogen-bond donors (Lipinski definition) is 0. The standard InChI is InChI=1S/C9H7N.H2/c1-2-6-9-8(4-1)5-3-7-10-9;/h1-7H;1H. The Kier molecular flexibility index (Phi) is 1.14. The van der Waals surface area contributed by atoms with Crippen LogP contribution in [0.15, 0.2) is 42.6 Å². The van der Waals surface area contributed by atoms with Crippen molar-refractivity contribution in [2.45, 2.75) is 0 Å². The number of aromatic nitrogens is 1. The second-order valence-electron chi connectivity index (χ2n) is 2.20. The third kappa shape index (κ3) is 0.760. The second kappa shape index (κ2) is 2.10. The van der Waals surface area contributed by atoms with E-state index in [1.54, 1.807) is 0 Å². The van der Waals surface area contributed by atoms with Crippen LogP contribution in [0.25, 0.3) is 10.9 Å². The number of rotatable bonds is 0. The van der Waals surface area contributed by atoms with Gasteiger partial charge in [0, 0.05) is 13.0 Å². The first-order valence-corrected chi connectivity index (χ1v) is 3.26. The maximum atomic E-state index is 4.18. The average molecular weight is 131 g/mol. The van der Waals surface area contributed by atoms with E-state index in [0.717, 1.165) is 5.52 Å². The molecule has 0 aliphatic rings. The maximum Gasteiger partial charge on any atom is 0.0701 e. The van der Waals surface area contributed by atoms with Crippen LogP contribution >= 0.6 is 0 Å². The largest absolute Gasteiger partial charge is 0.256 e. The molecule has 0 radical (unpaired) electrons. The van der Waals surface area contributed by atoms with Crippen LogP contribution in [0.3, 0.4) is 0 Å². The number of benzene rings is 1. The summed E-state index contributed by atoms with van der Waals surface area (Å²) in [6.45, 7) is 0. The van der Waals surface area contributed by atoms with Gasteiger partial charge < -0.3 is 0 Å². The molecule has 0 aliphatic carbocycles. The van der Waals surface area contributed by atoms with Crippen molar-refractivity contribution in [2.24, 2.45) is 0 Å². The van der Waals surface area contributed by atoms with E-state index in [2.05, 4.69) is 17.1 Å². The van der Waals surface area contributed by atoms with Gasteiger partial charge in [0.2, 0.25) is 0 Å². The Bertz CT molecular complexity index is 281. The summed E-state index contributed by atoms with van der Waals surface area (Å²) in [6.07, 6.45) is 1.81. The summed E-state index contributed by atoms with van der Waals surface area (Å²) in [5.74, 6) is 0. The van der Waals surface area contributed by atoms with Gasteiger partial charge in [-0.25, -0.2) is 0 Å². The van der Waals surface area contributed by atoms with Gasteiger partial charge in [-0.3, -0.25) is 4.98 Å². The van der Waals surface area contributed by atoms with Crippen molar-refractivity contribution in [1.82, 2.24) is 4.98 Å². The molecule has 0 saturated carbocycles. The minimum atomic E-state index is 0. The molecular formula is C9H9N. The van der Waals surface area contributed by atoms with Gasteiger partial charge in [-0.2, -0.15) is 0 Å². The molecule has 0 amide bonds. The molecule has 0 aliphatic heterocycles. The van der Waals surface area contributed by atoms with Gasteiger partial charge in [0.05, 0.1) is 5.52 Å². The summed E-state index contributed by atoms with van der Waals surface area (Å²) in [5.41, 5.74) is 1.06. The molecule has 1 aromatic carbocycles. The van der Waals surface area contributed by atoms with Gasteiger partial charge in [-0.15, -0.1) is 0 Å². The molecule has 0 bridgehead atoms. The fourth-order valence-electron chi connectivity index (χ4n) is 1.02. The Morgan fingerprint density at radius 1 is 1.00 bits per heavy atom. The van der Waals surface area contributed by atoms with Crippen LogP contribution in [0, 0.1) is 0 Å². The third-order valence-corrected chi connectivity index (χ3v) is 1.51.